The second-order valence-electron chi connectivity index (χ2n) is 5.06. The molecule has 0 spiro atoms. The zero-order valence-electron chi connectivity index (χ0n) is 11.2. The molecular weight excluding hydrogens is 326 g/mol. The number of aryl methyl sites for hydroxylation is 1. The van der Waals surface area contributed by atoms with Gasteiger partial charge in [-0.05, 0) is 43.9 Å². The maximum Gasteiger partial charge on any atom is 0.243 e. The van der Waals surface area contributed by atoms with Gasteiger partial charge in [0.05, 0.1) is 4.90 Å². The molecule has 1 aromatic carbocycles. The molecule has 1 fully saturated rings. The van der Waals surface area contributed by atoms with Crippen LogP contribution in [0.4, 0.5) is 0 Å². The Morgan fingerprint density at radius 2 is 2.11 bits per heavy atom. The molecule has 5 heteroatoms. The molecule has 1 aliphatic rings. The quantitative estimate of drug-likeness (QED) is 0.741. The molecule has 2 rings (SSSR count). The van der Waals surface area contributed by atoms with Gasteiger partial charge >= 0.3 is 0 Å². The Morgan fingerprint density at radius 1 is 1.37 bits per heavy atom. The maximum absolute atomic E-state index is 12.7. The Labute approximate surface area is 124 Å². The zero-order chi connectivity index (χ0) is 13.9. The van der Waals surface area contributed by atoms with Gasteiger partial charge in [-0.1, -0.05) is 34.5 Å². The summed E-state index contributed by atoms with van der Waals surface area (Å²) in [5.41, 5.74) is 0.982. The van der Waals surface area contributed by atoms with Gasteiger partial charge in [0.2, 0.25) is 10.0 Å². The molecule has 106 valence electrons. The van der Waals surface area contributed by atoms with Gasteiger partial charge in [-0.25, -0.2) is 8.42 Å². The molecule has 0 N–H and O–H groups in total. The van der Waals surface area contributed by atoms with E-state index in [4.69, 9.17) is 0 Å². The second-order valence-corrected chi connectivity index (χ2v) is 7.74. The molecule has 1 saturated carbocycles. The molecule has 0 heterocycles. The van der Waals surface area contributed by atoms with Gasteiger partial charge in [-0.2, -0.15) is 4.31 Å². The van der Waals surface area contributed by atoms with Crippen LogP contribution >= 0.6 is 15.9 Å². The summed E-state index contributed by atoms with van der Waals surface area (Å²) < 4.78 is 27.2. The molecule has 1 aromatic rings. The number of sulfonamides is 1. The van der Waals surface area contributed by atoms with Crippen LogP contribution in [0.1, 0.15) is 31.2 Å². The number of halogens is 1. The Balaban J connectivity index is 2.27. The number of alkyl halides is 1. The minimum Gasteiger partial charge on any atom is -0.207 e. The highest BCUT2D eigenvalue weighted by Crippen LogP contribution is 2.30. The molecule has 0 aromatic heterocycles. The first kappa shape index (κ1) is 15.0. The fourth-order valence-corrected chi connectivity index (χ4v) is 4.38. The van der Waals surface area contributed by atoms with Crippen molar-refractivity contribution in [2.75, 3.05) is 11.9 Å². The third-order valence-electron chi connectivity index (χ3n) is 3.59. The third kappa shape index (κ3) is 3.38. The van der Waals surface area contributed by atoms with Gasteiger partial charge in [0.1, 0.15) is 0 Å². The second kappa shape index (κ2) is 6.37. The SMILES string of the molecule is Cc1cccc(S(=O)(=O)N(CCCBr)C2CCC2)c1. The summed E-state index contributed by atoms with van der Waals surface area (Å²) in [6.45, 7) is 2.53. The van der Waals surface area contributed by atoms with Crippen molar-refractivity contribution in [3.63, 3.8) is 0 Å². The van der Waals surface area contributed by atoms with Crippen LogP contribution in [0.5, 0.6) is 0 Å². The van der Waals surface area contributed by atoms with Crippen molar-refractivity contribution in [2.45, 2.75) is 43.5 Å². The Morgan fingerprint density at radius 3 is 2.63 bits per heavy atom. The summed E-state index contributed by atoms with van der Waals surface area (Å²) in [5.74, 6) is 0. The van der Waals surface area contributed by atoms with E-state index in [1.807, 2.05) is 19.1 Å². The van der Waals surface area contributed by atoms with Gasteiger partial charge in [0.15, 0.2) is 0 Å². The van der Waals surface area contributed by atoms with E-state index in [2.05, 4.69) is 15.9 Å². The van der Waals surface area contributed by atoms with Gasteiger partial charge in [0, 0.05) is 17.9 Å². The molecule has 0 atom stereocenters. The van der Waals surface area contributed by atoms with Crippen LogP contribution in [0, 0.1) is 6.92 Å². The lowest BCUT2D eigenvalue weighted by Gasteiger charge is -2.36. The lowest BCUT2D eigenvalue weighted by Crippen LogP contribution is -2.44. The van der Waals surface area contributed by atoms with Gasteiger partial charge in [-0.15, -0.1) is 0 Å². The van der Waals surface area contributed by atoms with Crippen LogP contribution < -0.4 is 0 Å². The molecule has 0 bridgehead atoms. The lowest BCUT2D eigenvalue weighted by atomic mass is 9.93. The van der Waals surface area contributed by atoms with E-state index >= 15 is 0 Å². The van der Waals surface area contributed by atoms with Crippen LogP contribution in [0.2, 0.25) is 0 Å². The number of rotatable bonds is 6. The monoisotopic (exact) mass is 345 g/mol. The summed E-state index contributed by atoms with van der Waals surface area (Å²) in [7, 11) is -3.34. The molecule has 0 saturated heterocycles. The van der Waals surface area contributed by atoms with E-state index in [-0.39, 0.29) is 6.04 Å². The van der Waals surface area contributed by atoms with E-state index in [9.17, 15) is 8.42 Å². The number of hydrogen-bond donors (Lipinski definition) is 0. The van der Waals surface area contributed by atoms with Gasteiger partial charge in [0.25, 0.3) is 0 Å². The maximum atomic E-state index is 12.7. The highest BCUT2D eigenvalue weighted by Gasteiger charge is 2.34. The lowest BCUT2D eigenvalue weighted by molar-refractivity contribution is 0.220. The minimum absolute atomic E-state index is 0.199. The third-order valence-corrected chi connectivity index (χ3v) is 6.10. The average Bonchev–Trinajstić information content (AvgIpc) is 2.31. The summed E-state index contributed by atoms with van der Waals surface area (Å²) in [6, 6.07) is 7.39. The van der Waals surface area contributed by atoms with Crippen molar-refractivity contribution >= 4 is 26.0 Å². The van der Waals surface area contributed by atoms with Crippen LogP contribution in [0.15, 0.2) is 29.2 Å². The predicted octanol–water partition coefficient (Wildman–Crippen LogP) is 3.32. The Kier molecular flexibility index (Phi) is 5.03. The van der Waals surface area contributed by atoms with Crippen molar-refractivity contribution in [1.82, 2.24) is 4.31 Å². The molecule has 19 heavy (non-hydrogen) atoms. The molecule has 0 aliphatic heterocycles. The largest absolute Gasteiger partial charge is 0.243 e. The summed E-state index contributed by atoms with van der Waals surface area (Å²) in [4.78, 5) is 0.425. The fourth-order valence-electron chi connectivity index (χ4n) is 2.30. The van der Waals surface area contributed by atoms with Crippen molar-refractivity contribution in [2.24, 2.45) is 0 Å². The topological polar surface area (TPSA) is 37.4 Å². The molecule has 0 amide bonds. The first-order chi connectivity index (χ1) is 9.05. The predicted molar refractivity (Wildman–Crippen MR) is 81.1 cm³/mol. The normalized spacial score (nSPS) is 16.6. The smallest absolute Gasteiger partial charge is 0.207 e. The fraction of sp³-hybridized carbons (Fsp3) is 0.571. The molecular formula is C14H20BrNO2S. The first-order valence-electron chi connectivity index (χ1n) is 6.70. The zero-order valence-corrected chi connectivity index (χ0v) is 13.6. The Hall–Kier alpha value is -0.390. The molecule has 0 unspecified atom stereocenters. The highest BCUT2D eigenvalue weighted by molar-refractivity contribution is 9.09. The van der Waals surface area contributed by atoms with Crippen molar-refractivity contribution in [3.05, 3.63) is 29.8 Å². The summed E-state index contributed by atoms with van der Waals surface area (Å²) in [5, 5.41) is 0.833. The minimum atomic E-state index is -3.34. The number of hydrogen-bond acceptors (Lipinski definition) is 2. The van der Waals surface area contributed by atoms with E-state index in [1.165, 1.54) is 0 Å². The van der Waals surface area contributed by atoms with Crippen molar-refractivity contribution in [1.29, 1.82) is 0 Å². The average molecular weight is 346 g/mol. The van der Waals surface area contributed by atoms with E-state index in [0.29, 0.717) is 11.4 Å². The Bertz CT molecular complexity index is 526. The summed E-state index contributed by atoms with van der Waals surface area (Å²) in [6.07, 6.45) is 3.97. The molecule has 1 aliphatic carbocycles. The highest BCUT2D eigenvalue weighted by atomic mass is 79.9. The molecule has 3 nitrogen and oxygen atoms in total. The number of benzene rings is 1. The first-order valence-corrected chi connectivity index (χ1v) is 9.26. The van der Waals surface area contributed by atoms with Crippen LogP contribution in [0.3, 0.4) is 0 Å². The van der Waals surface area contributed by atoms with Crippen molar-refractivity contribution in [3.8, 4) is 0 Å². The van der Waals surface area contributed by atoms with Gasteiger partial charge < -0.3 is 0 Å². The van der Waals surface area contributed by atoms with Gasteiger partial charge in [-0.3, -0.25) is 0 Å². The van der Waals surface area contributed by atoms with Crippen LogP contribution in [0.25, 0.3) is 0 Å². The van der Waals surface area contributed by atoms with Crippen LogP contribution in [-0.2, 0) is 10.0 Å². The standard InChI is InChI=1S/C14H20BrNO2S/c1-12-5-2-8-14(11-12)19(17,18)16(10-4-9-15)13-6-3-7-13/h2,5,8,11,13H,3-4,6-7,9-10H2,1H3. The van der Waals surface area contributed by atoms with E-state index in [1.54, 1.807) is 16.4 Å². The van der Waals surface area contributed by atoms with Crippen LogP contribution in [-0.4, -0.2) is 30.6 Å². The molecule has 0 radical (unpaired) electrons. The summed E-state index contributed by atoms with van der Waals surface area (Å²) >= 11 is 3.38. The van der Waals surface area contributed by atoms with Crippen molar-refractivity contribution < 1.29 is 8.42 Å². The van der Waals surface area contributed by atoms with E-state index < -0.39 is 10.0 Å². The van der Waals surface area contributed by atoms with E-state index in [0.717, 1.165) is 36.6 Å². The number of nitrogens with zero attached hydrogens (tertiary/aromatic N) is 1.